The van der Waals surface area contributed by atoms with E-state index in [4.69, 9.17) is 0 Å². The Bertz CT molecular complexity index is 1050. The van der Waals surface area contributed by atoms with Crippen LogP contribution in [0.1, 0.15) is 53.9 Å². The van der Waals surface area contributed by atoms with Crippen molar-refractivity contribution in [3.63, 3.8) is 0 Å². The number of benzene rings is 2. The highest BCUT2D eigenvalue weighted by atomic mass is 19.4. The number of rotatable bonds is 3. The zero-order valence-electron chi connectivity index (χ0n) is 16.9. The summed E-state index contributed by atoms with van der Waals surface area (Å²) in [5, 5.41) is 0. The van der Waals surface area contributed by atoms with Crippen molar-refractivity contribution < 1.29 is 30.7 Å². The smallest absolute Gasteiger partial charge is 0.206 e. The third kappa shape index (κ3) is 5.82. The third-order valence-electron chi connectivity index (χ3n) is 5.49. The lowest BCUT2D eigenvalue weighted by Gasteiger charge is -2.27. The van der Waals surface area contributed by atoms with Crippen LogP contribution in [0.4, 0.5) is 30.7 Å². The van der Waals surface area contributed by atoms with Crippen LogP contribution in [-0.4, -0.2) is 6.18 Å². The van der Waals surface area contributed by atoms with Crippen molar-refractivity contribution >= 4 is 6.08 Å². The molecule has 7 heteroatoms. The SMILES string of the molecule is C=CC1CCC(c2cc(F)c(C#Cc3cc(F)c(/C=C/C(F)(F)F)c(F)c3)c(F)c2)CC1. The molecule has 0 aromatic heterocycles. The van der Waals surface area contributed by atoms with E-state index in [2.05, 4.69) is 18.4 Å². The molecule has 1 fully saturated rings. The predicted octanol–water partition coefficient (Wildman–Crippen LogP) is 7.68. The molecule has 1 saturated carbocycles. The highest BCUT2D eigenvalue weighted by Crippen LogP contribution is 2.37. The van der Waals surface area contributed by atoms with Crippen LogP contribution in [0.2, 0.25) is 0 Å². The van der Waals surface area contributed by atoms with Crippen LogP contribution in [0, 0.1) is 41.0 Å². The summed E-state index contributed by atoms with van der Waals surface area (Å²) in [6, 6.07) is 3.85. The van der Waals surface area contributed by atoms with Gasteiger partial charge in [0, 0.05) is 17.2 Å². The van der Waals surface area contributed by atoms with E-state index in [9.17, 15) is 30.7 Å². The van der Waals surface area contributed by atoms with Gasteiger partial charge >= 0.3 is 6.18 Å². The molecule has 0 radical (unpaired) electrons. The Morgan fingerprint density at radius 2 is 1.38 bits per heavy atom. The van der Waals surface area contributed by atoms with E-state index in [0.29, 0.717) is 23.6 Å². The summed E-state index contributed by atoms with van der Waals surface area (Å²) < 4.78 is 93.7. The van der Waals surface area contributed by atoms with Crippen molar-refractivity contribution in [2.75, 3.05) is 0 Å². The summed E-state index contributed by atoms with van der Waals surface area (Å²) in [4.78, 5) is 0. The lowest BCUT2D eigenvalue weighted by atomic mass is 9.78. The summed E-state index contributed by atoms with van der Waals surface area (Å²) in [5.74, 6) is 0.605. The van der Waals surface area contributed by atoms with Crippen molar-refractivity contribution in [3.8, 4) is 11.8 Å². The van der Waals surface area contributed by atoms with Crippen molar-refractivity contribution in [2.45, 2.75) is 37.8 Å². The van der Waals surface area contributed by atoms with Crippen LogP contribution >= 0.6 is 0 Å². The van der Waals surface area contributed by atoms with E-state index in [1.54, 1.807) is 0 Å². The maximum atomic E-state index is 14.5. The second-order valence-corrected chi connectivity index (χ2v) is 7.69. The highest BCUT2D eigenvalue weighted by molar-refractivity contribution is 5.55. The molecule has 3 rings (SSSR count). The Balaban J connectivity index is 1.84. The van der Waals surface area contributed by atoms with Crippen LogP contribution in [0.25, 0.3) is 6.08 Å². The fraction of sp³-hybridized carbons (Fsp3) is 0.280. The molecule has 0 atom stereocenters. The third-order valence-corrected chi connectivity index (χ3v) is 5.49. The molecule has 2 aromatic carbocycles. The summed E-state index contributed by atoms with van der Waals surface area (Å²) in [7, 11) is 0. The number of hydrogen-bond donors (Lipinski definition) is 0. The Morgan fingerprint density at radius 3 is 1.88 bits per heavy atom. The predicted molar refractivity (Wildman–Crippen MR) is 109 cm³/mol. The quantitative estimate of drug-likeness (QED) is 0.255. The largest absolute Gasteiger partial charge is 0.409 e. The van der Waals surface area contributed by atoms with Crippen molar-refractivity contribution in [1.82, 2.24) is 0 Å². The topological polar surface area (TPSA) is 0 Å². The van der Waals surface area contributed by atoms with E-state index in [1.807, 2.05) is 6.08 Å². The van der Waals surface area contributed by atoms with Gasteiger partial charge in [-0.25, -0.2) is 17.6 Å². The molecule has 1 aliphatic rings. The molecule has 0 bridgehead atoms. The standard InChI is InChI=1S/C25H19F7/c1-2-15-3-6-17(7-4-15)18-13-23(28)19(24(29)14-18)8-5-16-11-21(26)20(22(27)12-16)9-10-25(30,31)32/h2,9-15,17H,1,3-4,6-7H2/b10-9+. The zero-order valence-corrected chi connectivity index (χ0v) is 16.9. The molecule has 0 aliphatic heterocycles. The minimum atomic E-state index is -4.73. The molecule has 32 heavy (non-hydrogen) atoms. The molecule has 0 N–H and O–H groups in total. The molecule has 0 nitrogen and oxygen atoms in total. The van der Waals surface area contributed by atoms with E-state index in [1.165, 1.54) is 12.1 Å². The number of hydrogen-bond acceptors (Lipinski definition) is 0. The number of halogens is 7. The van der Waals surface area contributed by atoms with Crippen molar-refractivity contribution in [1.29, 1.82) is 0 Å². The van der Waals surface area contributed by atoms with Crippen molar-refractivity contribution in [3.05, 3.63) is 88.5 Å². The molecule has 0 unspecified atom stereocenters. The van der Waals surface area contributed by atoms with Gasteiger partial charge in [-0.2, -0.15) is 13.2 Å². The summed E-state index contributed by atoms with van der Waals surface area (Å²) in [5.41, 5.74) is -1.17. The van der Waals surface area contributed by atoms with Gasteiger partial charge in [-0.3, -0.25) is 0 Å². The summed E-state index contributed by atoms with van der Waals surface area (Å²) >= 11 is 0. The summed E-state index contributed by atoms with van der Waals surface area (Å²) in [6.07, 6.45) is 0.486. The number of allylic oxidation sites excluding steroid dienone is 2. The maximum Gasteiger partial charge on any atom is 0.409 e. The number of alkyl halides is 3. The second kappa shape index (κ2) is 9.64. The first-order valence-corrected chi connectivity index (χ1v) is 9.96. The molecule has 0 heterocycles. The van der Waals surface area contributed by atoms with Gasteiger partial charge in [0.25, 0.3) is 0 Å². The lowest BCUT2D eigenvalue weighted by molar-refractivity contribution is -0.0790. The molecule has 0 spiro atoms. The molecule has 0 saturated heterocycles. The average Bonchev–Trinajstić information content (AvgIpc) is 2.71. The Labute approximate surface area is 181 Å². The minimum Gasteiger partial charge on any atom is -0.206 e. The monoisotopic (exact) mass is 452 g/mol. The van der Waals surface area contributed by atoms with Gasteiger partial charge in [0.05, 0.1) is 5.56 Å². The van der Waals surface area contributed by atoms with E-state index >= 15 is 0 Å². The van der Waals surface area contributed by atoms with Crippen LogP contribution in [0.15, 0.2) is 43.0 Å². The minimum absolute atomic E-state index is 0.0256. The van der Waals surface area contributed by atoms with Gasteiger partial charge in [-0.05, 0) is 73.4 Å². The van der Waals surface area contributed by atoms with Gasteiger partial charge in [0.1, 0.15) is 23.3 Å². The lowest BCUT2D eigenvalue weighted by Crippen LogP contribution is -2.12. The molecule has 168 valence electrons. The molecule has 1 aliphatic carbocycles. The second-order valence-electron chi connectivity index (χ2n) is 7.69. The average molecular weight is 452 g/mol. The van der Waals surface area contributed by atoms with Gasteiger partial charge in [0.2, 0.25) is 0 Å². The normalized spacial score (nSPS) is 19.0. The Morgan fingerprint density at radius 1 is 0.812 bits per heavy atom. The van der Waals surface area contributed by atoms with Gasteiger partial charge in [-0.1, -0.05) is 17.9 Å². The van der Waals surface area contributed by atoms with E-state index < -0.39 is 40.6 Å². The molecule has 0 amide bonds. The maximum absolute atomic E-state index is 14.5. The molecular formula is C25H19F7. The van der Waals surface area contributed by atoms with Gasteiger partial charge in [-0.15, -0.1) is 6.58 Å². The van der Waals surface area contributed by atoms with E-state index in [-0.39, 0.29) is 23.6 Å². The Hall–Kier alpha value is -3.01. The van der Waals surface area contributed by atoms with Gasteiger partial charge < -0.3 is 0 Å². The van der Waals surface area contributed by atoms with Crippen LogP contribution in [-0.2, 0) is 0 Å². The highest BCUT2D eigenvalue weighted by Gasteiger charge is 2.24. The Kier molecular flexibility index (Phi) is 7.12. The fourth-order valence-corrected chi connectivity index (χ4v) is 3.76. The molecule has 2 aromatic rings. The first-order valence-electron chi connectivity index (χ1n) is 9.96. The van der Waals surface area contributed by atoms with Crippen LogP contribution in [0.5, 0.6) is 0 Å². The van der Waals surface area contributed by atoms with Crippen LogP contribution in [0.3, 0.4) is 0 Å². The summed E-state index contributed by atoms with van der Waals surface area (Å²) in [6.45, 7) is 3.77. The van der Waals surface area contributed by atoms with Crippen LogP contribution < -0.4 is 0 Å². The first kappa shape index (κ1) is 23.6. The first-order chi connectivity index (χ1) is 15.1. The zero-order chi connectivity index (χ0) is 23.5. The van der Waals surface area contributed by atoms with Crippen molar-refractivity contribution in [2.24, 2.45) is 5.92 Å². The molecular weight excluding hydrogens is 433 g/mol. The van der Waals surface area contributed by atoms with E-state index in [0.717, 1.165) is 25.7 Å². The fourth-order valence-electron chi connectivity index (χ4n) is 3.76. The van der Waals surface area contributed by atoms with Gasteiger partial charge in [0.15, 0.2) is 0 Å².